The van der Waals surface area contributed by atoms with Gasteiger partial charge in [0.15, 0.2) is 0 Å². The number of carboxylic acid groups (broad SMARTS) is 1. The van der Waals surface area contributed by atoms with Gasteiger partial charge in [-0.3, -0.25) is 4.79 Å². The van der Waals surface area contributed by atoms with Gasteiger partial charge in [0.05, 0.1) is 10.8 Å². The molecule has 1 atom stereocenters. The minimum absolute atomic E-state index is 0.224. The maximum Gasteiger partial charge on any atom is 0.307 e. The topological polar surface area (TPSA) is 83.5 Å². The lowest BCUT2D eigenvalue weighted by Gasteiger charge is -2.08. The van der Waals surface area contributed by atoms with Gasteiger partial charge in [-0.2, -0.15) is 0 Å². The van der Waals surface area contributed by atoms with Crippen LogP contribution in [0.3, 0.4) is 0 Å². The Kier molecular flexibility index (Phi) is 6.51. The van der Waals surface area contributed by atoms with Crippen molar-refractivity contribution < 1.29 is 18.3 Å². The molecule has 0 aliphatic heterocycles. The number of hydrogen-bond donors (Lipinski definition) is 2. The van der Waals surface area contributed by atoms with Gasteiger partial charge in [0.2, 0.25) is 10.0 Å². The van der Waals surface area contributed by atoms with Gasteiger partial charge in [0.1, 0.15) is 0 Å². The first-order valence-electron chi connectivity index (χ1n) is 6.32. The van der Waals surface area contributed by atoms with E-state index in [-0.39, 0.29) is 4.90 Å². The molecule has 20 heavy (non-hydrogen) atoms. The molecule has 5 nitrogen and oxygen atoms in total. The minimum Gasteiger partial charge on any atom is -0.481 e. The standard InChI is InChI=1S/C13H19NO4S2/c1-3-8-14-20(17,18)12-6-4-11(5-7-12)19-9-10(2)13(15)16/h4-7,10,14H,3,8-9H2,1-2H3,(H,15,16). The zero-order valence-corrected chi connectivity index (χ0v) is 13.1. The fraction of sp³-hybridized carbons (Fsp3) is 0.462. The highest BCUT2D eigenvalue weighted by molar-refractivity contribution is 7.99. The van der Waals surface area contributed by atoms with Crippen LogP contribution in [0.5, 0.6) is 0 Å². The van der Waals surface area contributed by atoms with E-state index in [1.165, 1.54) is 23.9 Å². The average Bonchev–Trinajstić information content (AvgIpc) is 2.43. The van der Waals surface area contributed by atoms with Crippen LogP contribution < -0.4 is 4.72 Å². The Morgan fingerprint density at radius 1 is 1.35 bits per heavy atom. The molecular formula is C13H19NO4S2. The highest BCUT2D eigenvalue weighted by Crippen LogP contribution is 2.22. The van der Waals surface area contributed by atoms with E-state index >= 15 is 0 Å². The molecule has 0 amide bonds. The molecular weight excluding hydrogens is 298 g/mol. The van der Waals surface area contributed by atoms with Crippen LogP contribution in [0.25, 0.3) is 0 Å². The molecule has 2 N–H and O–H groups in total. The zero-order valence-electron chi connectivity index (χ0n) is 11.5. The summed E-state index contributed by atoms with van der Waals surface area (Å²) in [5.74, 6) is -0.815. The van der Waals surface area contributed by atoms with Crippen molar-refractivity contribution >= 4 is 27.8 Å². The zero-order chi connectivity index (χ0) is 15.2. The Hall–Kier alpha value is -1.05. The monoisotopic (exact) mass is 317 g/mol. The first-order chi connectivity index (χ1) is 9.36. The molecule has 0 radical (unpaired) electrons. The van der Waals surface area contributed by atoms with Gasteiger partial charge < -0.3 is 5.11 Å². The smallest absolute Gasteiger partial charge is 0.307 e. The summed E-state index contributed by atoms with van der Waals surface area (Å²) in [4.78, 5) is 11.8. The SMILES string of the molecule is CCCNS(=O)(=O)c1ccc(SCC(C)C(=O)O)cc1. The summed E-state index contributed by atoms with van der Waals surface area (Å²) < 4.78 is 26.2. The highest BCUT2D eigenvalue weighted by Gasteiger charge is 2.14. The lowest BCUT2D eigenvalue weighted by molar-refractivity contribution is -0.140. The number of nitrogens with one attached hydrogen (secondary N) is 1. The summed E-state index contributed by atoms with van der Waals surface area (Å²) >= 11 is 1.40. The number of sulfonamides is 1. The number of benzene rings is 1. The predicted octanol–water partition coefficient (Wildman–Crippen LogP) is 2.19. The molecule has 0 aliphatic rings. The molecule has 0 bridgehead atoms. The molecule has 0 heterocycles. The van der Waals surface area contributed by atoms with Crippen molar-refractivity contribution in [2.75, 3.05) is 12.3 Å². The van der Waals surface area contributed by atoms with Gasteiger partial charge in [-0.25, -0.2) is 13.1 Å². The van der Waals surface area contributed by atoms with Gasteiger partial charge in [-0.15, -0.1) is 11.8 Å². The van der Waals surface area contributed by atoms with Crippen molar-refractivity contribution in [1.82, 2.24) is 4.72 Å². The summed E-state index contributed by atoms with van der Waals surface area (Å²) in [6, 6.07) is 6.46. The second kappa shape index (κ2) is 7.66. The van der Waals surface area contributed by atoms with Gasteiger partial charge in [0.25, 0.3) is 0 Å². The molecule has 7 heteroatoms. The van der Waals surface area contributed by atoms with E-state index in [1.54, 1.807) is 19.1 Å². The molecule has 0 aromatic heterocycles. The van der Waals surface area contributed by atoms with Crippen molar-refractivity contribution in [3.05, 3.63) is 24.3 Å². The molecule has 1 rings (SSSR count). The molecule has 0 aliphatic carbocycles. The van der Waals surface area contributed by atoms with Crippen molar-refractivity contribution in [2.24, 2.45) is 5.92 Å². The van der Waals surface area contributed by atoms with E-state index in [0.717, 1.165) is 11.3 Å². The van der Waals surface area contributed by atoms with Gasteiger partial charge in [-0.05, 0) is 30.7 Å². The fourth-order valence-electron chi connectivity index (χ4n) is 1.33. The Balaban J connectivity index is 2.67. The predicted molar refractivity (Wildman–Crippen MR) is 79.4 cm³/mol. The first-order valence-corrected chi connectivity index (χ1v) is 8.79. The Morgan fingerprint density at radius 3 is 2.45 bits per heavy atom. The summed E-state index contributed by atoms with van der Waals surface area (Å²) in [7, 11) is -3.44. The van der Waals surface area contributed by atoms with E-state index in [1.807, 2.05) is 6.92 Å². The largest absolute Gasteiger partial charge is 0.481 e. The lowest BCUT2D eigenvalue weighted by Crippen LogP contribution is -2.24. The van der Waals surface area contributed by atoms with Crippen LogP contribution in [0.15, 0.2) is 34.1 Å². The average molecular weight is 317 g/mol. The van der Waals surface area contributed by atoms with Crippen LogP contribution in [0.2, 0.25) is 0 Å². The summed E-state index contributed by atoms with van der Waals surface area (Å²) in [5, 5.41) is 8.79. The van der Waals surface area contributed by atoms with Crippen molar-refractivity contribution in [3.8, 4) is 0 Å². The molecule has 1 aromatic carbocycles. The van der Waals surface area contributed by atoms with Gasteiger partial charge in [-0.1, -0.05) is 13.8 Å². The molecule has 0 saturated heterocycles. The Bertz CT molecular complexity index is 540. The number of hydrogen-bond acceptors (Lipinski definition) is 4. The molecule has 1 aromatic rings. The number of carboxylic acids is 1. The van der Waals surface area contributed by atoms with Crippen molar-refractivity contribution in [3.63, 3.8) is 0 Å². The molecule has 1 unspecified atom stereocenters. The number of rotatable bonds is 8. The molecule has 112 valence electrons. The number of thioether (sulfide) groups is 1. The Morgan fingerprint density at radius 2 is 1.95 bits per heavy atom. The third-order valence-electron chi connectivity index (χ3n) is 2.60. The minimum atomic E-state index is -3.44. The van der Waals surface area contributed by atoms with Crippen LogP contribution in [0, 0.1) is 5.92 Å². The summed E-state index contributed by atoms with van der Waals surface area (Å²) in [5.41, 5.74) is 0. The van der Waals surface area contributed by atoms with Crippen molar-refractivity contribution in [2.45, 2.75) is 30.1 Å². The van der Waals surface area contributed by atoms with Crippen LogP contribution in [0.4, 0.5) is 0 Å². The third-order valence-corrected chi connectivity index (χ3v) is 5.35. The van der Waals surface area contributed by atoms with Gasteiger partial charge >= 0.3 is 5.97 Å². The summed E-state index contributed by atoms with van der Waals surface area (Å²) in [6.45, 7) is 3.95. The highest BCUT2D eigenvalue weighted by atomic mass is 32.2. The first kappa shape index (κ1) is 17.0. The van der Waals surface area contributed by atoms with Crippen LogP contribution in [-0.4, -0.2) is 31.8 Å². The normalized spacial score (nSPS) is 13.1. The Labute approximate surface area is 123 Å². The van der Waals surface area contributed by atoms with Crippen LogP contribution in [0.1, 0.15) is 20.3 Å². The van der Waals surface area contributed by atoms with E-state index in [0.29, 0.717) is 12.3 Å². The maximum absolute atomic E-state index is 11.9. The number of aliphatic carboxylic acids is 1. The number of carbonyl (C=O) groups is 1. The van der Waals surface area contributed by atoms with E-state index in [4.69, 9.17) is 5.11 Å². The van der Waals surface area contributed by atoms with E-state index in [9.17, 15) is 13.2 Å². The van der Waals surface area contributed by atoms with Crippen LogP contribution >= 0.6 is 11.8 Å². The van der Waals surface area contributed by atoms with Crippen molar-refractivity contribution in [1.29, 1.82) is 0 Å². The summed E-state index contributed by atoms with van der Waals surface area (Å²) in [6.07, 6.45) is 0.736. The fourth-order valence-corrected chi connectivity index (χ4v) is 3.37. The second-order valence-electron chi connectivity index (χ2n) is 4.42. The lowest BCUT2D eigenvalue weighted by atomic mass is 10.2. The third kappa shape index (κ3) is 5.15. The molecule has 0 fully saturated rings. The van der Waals surface area contributed by atoms with Gasteiger partial charge in [0, 0.05) is 17.2 Å². The van der Waals surface area contributed by atoms with Crippen LogP contribution in [-0.2, 0) is 14.8 Å². The van der Waals surface area contributed by atoms with E-state index < -0.39 is 21.9 Å². The quantitative estimate of drug-likeness (QED) is 0.718. The van der Waals surface area contributed by atoms with E-state index in [2.05, 4.69) is 4.72 Å². The molecule has 0 spiro atoms. The molecule has 0 saturated carbocycles. The maximum atomic E-state index is 11.9. The second-order valence-corrected chi connectivity index (χ2v) is 7.28.